The fraction of sp³-hybridized carbons (Fsp3) is 0.400. The lowest BCUT2D eigenvalue weighted by Gasteiger charge is -2.24. The van der Waals surface area contributed by atoms with Gasteiger partial charge >= 0.3 is 0 Å². The lowest BCUT2D eigenvalue weighted by molar-refractivity contribution is 0.584. The summed E-state index contributed by atoms with van der Waals surface area (Å²) in [5.41, 5.74) is 9.81. The second kappa shape index (κ2) is 6.44. The Morgan fingerprint density at radius 3 is 2.05 bits per heavy atom. The van der Waals surface area contributed by atoms with Crippen LogP contribution in [0.5, 0.6) is 0 Å². The summed E-state index contributed by atoms with van der Waals surface area (Å²) in [4.78, 5) is 0. The fourth-order valence-corrected chi connectivity index (χ4v) is 3.19. The van der Waals surface area contributed by atoms with E-state index >= 15 is 0 Å². The van der Waals surface area contributed by atoms with Crippen molar-refractivity contribution in [3.05, 3.63) is 69.3 Å². The van der Waals surface area contributed by atoms with E-state index < -0.39 is 0 Å². The molecule has 2 aromatic rings. The predicted molar refractivity (Wildman–Crippen MR) is 92.1 cm³/mol. The summed E-state index contributed by atoms with van der Waals surface area (Å²) in [7, 11) is 2.07. The molecule has 1 unspecified atom stereocenters. The van der Waals surface area contributed by atoms with Crippen LogP contribution in [0.2, 0.25) is 0 Å². The number of hydrogen-bond donors (Lipinski definition) is 1. The van der Waals surface area contributed by atoms with Crippen LogP contribution in [0.25, 0.3) is 0 Å². The van der Waals surface area contributed by atoms with Gasteiger partial charge in [0, 0.05) is 6.04 Å². The van der Waals surface area contributed by atoms with Gasteiger partial charge in [-0.05, 0) is 81.5 Å². The standard InChI is InChI=1S/C20H27N/c1-13-8-7-9-18(10-13)12-19(21-6)20-16(4)14(2)11-15(3)17(20)5/h7-11,19,21H,12H2,1-6H3. The van der Waals surface area contributed by atoms with Gasteiger partial charge in [0.1, 0.15) is 0 Å². The van der Waals surface area contributed by atoms with Gasteiger partial charge < -0.3 is 5.32 Å². The van der Waals surface area contributed by atoms with Crippen molar-refractivity contribution in [2.24, 2.45) is 0 Å². The Morgan fingerprint density at radius 2 is 1.52 bits per heavy atom. The first kappa shape index (κ1) is 15.8. The van der Waals surface area contributed by atoms with Gasteiger partial charge in [-0.3, -0.25) is 0 Å². The van der Waals surface area contributed by atoms with Gasteiger partial charge in [0.05, 0.1) is 0 Å². The molecule has 0 aliphatic heterocycles. The third-order valence-electron chi connectivity index (χ3n) is 4.64. The number of benzene rings is 2. The molecule has 0 bridgehead atoms. The van der Waals surface area contributed by atoms with E-state index in [0.717, 1.165) is 6.42 Å². The molecule has 1 nitrogen and oxygen atoms in total. The zero-order valence-electron chi connectivity index (χ0n) is 14.2. The summed E-state index contributed by atoms with van der Waals surface area (Å²) in [6.07, 6.45) is 1.03. The molecule has 0 aliphatic carbocycles. The summed E-state index contributed by atoms with van der Waals surface area (Å²) < 4.78 is 0. The zero-order chi connectivity index (χ0) is 15.6. The number of aryl methyl sites for hydroxylation is 3. The van der Waals surface area contributed by atoms with Crippen molar-refractivity contribution >= 4 is 0 Å². The SMILES string of the molecule is CNC(Cc1cccc(C)c1)c1c(C)c(C)cc(C)c1C. The molecular formula is C20H27N. The topological polar surface area (TPSA) is 12.0 Å². The number of rotatable bonds is 4. The Balaban J connectivity index is 2.43. The molecule has 0 fully saturated rings. The van der Waals surface area contributed by atoms with E-state index in [9.17, 15) is 0 Å². The highest BCUT2D eigenvalue weighted by Crippen LogP contribution is 2.29. The van der Waals surface area contributed by atoms with Gasteiger partial charge in [0.2, 0.25) is 0 Å². The van der Waals surface area contributed by atoms with Gasteiger partial charge in [0.15, 0.2) is 0 Å². The molecular weight excluding hydrogens is 254 g/mol. The molecule has 21 heavy (non-hydrogen) atoms. The van der Waals surface area contributed by atoms with E-state index in [1.165, 1.54) is 38.9 Å². The first-order valence-corrected chi connectivity index (χ1v) is 7.74. The maximum Gasteiger partial charge on any atom is 0.0363 e. The van der Waals surface area contributed by atoms with E-state index in [-0.39, 0.29) is 0 Å². The lowest BCUT2D eigenvalue weighted by Crippen LogP contribution is -2.21. The van der Waals surface area contributed by atoms with Crippen molar-refractivity contribution in [2.45, 2.75) is 47.1 Å². The number of hydrogen-bond acceptors (Lipinski definition) is 1. The van der Waals surface area contributed by atoms with E-state index in [4.69, 9.17) is 0 Å². The Morgan fingerprint density at radius 1 is 0.905 bits per heavy atom. The molecule has 0 radical (unpaired) electrons. The Kier molecular flexibility index (Phi) is 4.84. The summed E-state index contributed by atoms with van der Waals surface area (Å²) in [6.45, 7) is 11.1. The fourth-order valence-electron chi connectivity index (χ4n) is 3.19. The summed E-state index contributed by atoms with van der Waals surface area (Å²) in [5, 5.41) is 3.52. The van der Waals surface area contributed by atoms with Crippen molar-refractivity contribution in [3.63, 3.8) is 0 Å². The number of likely N-dealkylation sites (N-methyl/N-ethyl adjacent to an activating group) is 1. The molecule has 0 saturated heterocycles. The third-order valence-corrected chi connectivity index (χ3v) is 4.64. The second-order valence-electron chi connectivity index (χ2n) is 6.21. The first-order chi connectivity index (χ1) is 9.93. The highest BCUT2D eigenvalue weighted by atomic mass is 14.9. The van der Waals surface area contributed by atoms with Crippen LogP contribution < -0.4 is 5.32 Å². The molecule has 0 aliphatic rings. The van der Waals surface area contributed by atoms with Gasteiger partial charge in [-0.1, -0.05) is 35.9 Å². The van der Waals surface area contributed by atoms with Crippen molar-refractivity contribution in [1.29, 1.82) is 0 Å². The minimum atomic E-state index is 0.366. The minimum Gasteiger partial charge on any atom is -0.313 e. The van der Waals surface area contributed by atoms with Crippen LogP contribution in [-0.4, -0.2) is 7.05 Å². The smallest absolute Gasteiger partial charge is 0.0363 e. The average Bonchev–Trinajstić information content (AvgIpc) is 2.44. The maximum absolute atomic E-state index is 3.52. The molecule has 1 N–H and O–H groups in total. The molecule has 0 amide bonds. The van der Waals surface area contributed by atoms with Crippen LogP contribution in [-0.2, 0) is 6.42 Å². The van der Waals surface area contributed by atoms with Gasteiger partial charge in [-0.15, -0.1) is 0 Å². The van der Waals surface area contributed by atoms with Crippen LogP contribution >= 0.6 is 0 Å². The van der Waals surface area contributed by atoms with Gasteiger partial charge in [-0.2, -0.15) is 0 Å². The van der Waals surface area contributed by atoms with Crippen molar-refractivity contribution in [2.75, 3.05) is 7.05 Å². The van der Waals surface area contributed by atoms with Crippen LogP contribution in [0.1, 0.15) is 45.0 Å². The quantitative estimate of drug-likeness (QED) is 0.854. The van der Waals surface area contributed by atoms with Gasteiger partial charge in [-0.25, -0.2) is 0 Å². The summed E-state index contributed by atoms with van der Waals surface area (Å²) in [6, 6.07) is 11.5. The van der Waals surface area contributed by atoms with Gasteiger partial charge in [0.25, 0.3) is 0 Å². The van der Waals surface area contributed by atoms with E-state index in [2.05, 4.69) is 77.3 Å². The third kappa shape index (κ3) is 3.36. The van der Waals surface area contributed by atoms with Crippen molar-refractivity contribution in [1.82, 2.24) is 5.32 Å². The normalized spacial score (nSPS) is 12.5. The van der Waals surface area contributed by atoms with E-state index in [1.54, 1.807) is 0 Å². The van der Waals surface area contributed by atoms with Crippen LogP contribution in [0.4, 0.5) is 0 Å². The van der Waals surface area contributed by atoms with Crippen LogP contribution in [0.15, 0.2) is 30.3 Å². The molecule has 0 heterocycles. The molecule has 1 heteroatoms. The maximum atomic E-state index is 3.52. The number of nitrogens with one attached hydrogen (secondary N) is 1. The molecule has 112 valence electrons. The highest BCUT2D eigenvalue weighted by molar-refractivity contribution is 5.46. The Labute approximate surface area is 129 Å². The Hall–Kier alpha value is -1.60. The molecule has 0 spiro atoms. The lowest BCUT2D eigenvalue weighted by atomic mass is 9.87. The molecule has 2 aromatic carbocycles. The Bertz CT molecular complexity index is 614. The zero-order valence-corrected chi connectivity index (χ0v) is 14.2. The van der Waals surface area contributed by atoms with Crippen LogP contribution in [0, 0.1) is 34.6 Å². The predicted octanol–water partition coefficient (Wildman–Crippen LogP) is 4.73. The van der Waals surface area contributed by atoms with Crippen molar-refractivity contribution in [3.8, 4) is 0 Å². The van der Waals surface area contributed by atoms with Crippen LogP contribution in [0.3, 0.4) is 0 Å². The highest BCUT2D eigenvalue weighted by Gasteiger charge is 2.17. The molecule has 0 saturated carbocycles. The minimum absolute atomic E-state index is 0.366. The average molecular weight is 281 g/mol. The first-order valence-electron chi connectivity index (χ1n) is 7.74. The largest absolute Gasteiger partial charge is 0.313 e. The molecule has 1 atom stereocenters. The van der Waals surface area contributed by atoms with E-state index in [1.807, 2.05) is 0 Å². The second-order valence-corrected chi connectivity index (χ2v) is 6.21. The molecule has 0 aromatic heterocycles. The summed E-state index contributed by atoms with van der Waals surface area (Å²) in [5.74, 6) is 0. The monoisotopic (exact) mass is 281 g/mol. The summed E-state index contributed by atoms with van der Waals surface area (Å²) >= 11 is 0. The van der Waals surface area contributed by atoms with Crippen molar-refractivity contribution < 1.29 is 0 Å². The van der Waals surface area contributed by atoms with E-state index in [0.29, 0.717) is 6.04 Å². The molecule has 2 rings (SSSR count).